The minimum Gasteiger partial charge on any atom is -0.483 e. The van der Waals surface area contributed by atoms with Gasteiger partial charge in [0.15, 0.2) is 0 Å². The third kappa shape index (κ3) is 6.43. The zero-order valence-corrected chi connectivity index (χ0v) is 13.8. The van der Waals surface area contributed by atoms with Gasteiger partial charge in [-0.15, -0.1) is 11.3 Å². The van der Waals surface area contributed by atoms with Gasteiger partial charge in [0.2, 0.25) is 0 Å². The van der Waals surface area contributed by atoms with Crippen LogP contribution in [0.1, 0.15) is 30.7 Å². The summed E-state index contributed by atoms with van der Waals surface area (Å²) in [6.07, 6.45) is 2.70. The Morgan fingerprint density at radius 3 is 2.68 bits per heavy atom. The number of halogens is 1. The third-order valence-corrected chi connectivity index (χ3v) is 3.79. The van der Waals surface area contributed by atoms with E-state index in [1.54, 1.807) is 23.8 Å². The molecule has 5 nitrogen and oxygen atoms in total. The van der Waals surface area contributed by atoms with Gasteiger partial charge in [0.05, 0.1) is 15.4 Å². The van der Waals surface area contributed by atoms with Crippen molar-refractivity contribution in [1.82, 2.24) is 4.98 Å². The van der Waals surface area contributed by atoms with Crippen molar-refractivity contribution in [3.8, 4) is 5.75 Å². The first-order valence-electron chi connectivity index (χ1n) is 6.79. The highest BCUT2D eigenvalue weighted by Crippen LogP contribution is 2.31. The van der Waals surface area contributed by atoms with Gasteiger partial charge >= 0.3 is 5.97 Å². The summed E-state index contributed by atoms with van der Waals surface area (Å²) >= 11 is 7.62. The van der Waals surface area contributed by atoms with Crippen LogP contribution in [-0.4, -0.2) is 22.6 Å². The molecule has 2 aromatic rings. The smallest absolute Gasteiger partial charge is 0.303 e. The van der Waals surface area contributed by atoms with Crippen molar-refractivity contribution in [2.45, 2.75) is 25.9 Å². The molecule has 0 amide bonds. The van der Waals surface area contributed by atoms with Crippen LogP contribution in [0, 0.1) is 0 Å². The molecule has 0 bridgehead atoms. The lowest BCUT2D eigenvalue weighted by Gasteiger charge is -2.17. The standard InChI is InChI=1S/C12H13ClN2OS.C3H6O2/c13-9-3-1-2-4-10(9)16-11(5-6-14)12-7-15-8-17-12;1-2-3(4)5/h1-4,7-8,11H,5-6,14H2;2H2,1H3,(H,4,5). The number of hydrogen-bond acceptors (Lipinski definition) is 5. The third-order valence-electron chi connectivity index (χ3n) is 2.61. The molecule has 0 aliphatic heterocycles. The number of carbonyl (C=O) groups is 1. The first kappa shape index (κ1) is 18.4. The lowest BCUT2D eigenvalue weighted by atomic mass is 10.2. The second-order valence-electron chi connectivity index (χ2n) is 4.27. The fourth-order valence-corrected chi connectivity index (χ4v) is 2.35. The van der Waals surface area contributed by atoms with Gasteiger partial charge in [0.1, 0.15) is 11.9 Å². The van der Waals surface area contributed by atoms with Crippen molar-refractivity contribution in [2.75, 3.05) is 6.54 Å². The lowest BCUT2D eigenvalue weighted by Crippen LogP contribution is -2.12. The van der Waals surface area contributed by atoms with Crippen LogP contribution in [0.25, 0.3) is 0 Å². The van der Waals surface area contributed by atoms with Gasteiger partial charge in [0, 0.05) is 19.0 Å². The van der Waals surface area contributed by atoms with Gasteiger partial charge in [-0.2, -0.15) is 0 Å². The molecule has 0 aliphatic carbocycles. The molecule has 1 heterocycles. The summed E-state index contributed by atoms with van der Waals surface area (Å²) < 4.78 is 5.89. The van der Waals surface area contributed by atoms with Crippen LogP contribution in [0.15, 0.2) is 36.0 Å². The SMILES string of the molecule is CCC(=O)O.NCCC(Oc1ccccc1Cl)c1cncs1. The summed E-state index contributed by atoms with van der Waals surface area (Å²) in [5, 5.41) is 8.33. The van der Waals surface area contributed by atoms with Gasteiger partial charge in [-0.3, -0.25) is 9.78 Å². The molecular formula is C15H19ClN2O3S. The molecule has 1 aromatic carbocycles. The molecule has 1 atom stereocenters. The van der Waals surface area contributed by atoms with Gasteiger partial charge in [-0.05, 0) is 18.7 Å². The average molecular weight is 343 g/mol. The normalized spacial score (nSPS) is 11.2. The van der Waals surface area contributed by atoms with E-state index in [1.807, 2.05) is 30.5 Å². The zero-order chi connectivity index (χ0) is 16.4. The molecule has 7 heteroatoms. The van der Waals surface area contributed by atoms with Gasteiger partial charge < -0.3 is 15.6 Å². The Morgan fingerprint density at radius 1 is 1.50 bits per heavy atom. The number of benzene rings is 1. The lowest BCUT2D eigenvalue weighted by molar-refractivity contribution is -0.136. The van der Waals surface area contributed by atoms with Gasteiger partial charge in [0.25, 0.3) is 0 Å². The second kappa shape index (κ2) is 10.2. The molecule has 0 fully saturated rings. The van der Waals surface area contributed by atoms with E-state index in [0.29, 0.717) is 17.3 Å². The largest absolute Gasteiger partial charge is 0.483 e. The highest BCUT2D eigenvalue weighted by molar-refractivity contribution is 7.09. The molecule has 0 radical (unpaired) electrons. The van der Waals surface area contributed by atoms with E-state index in [9.17, 15) is 4.79 Å². The second-order valence-corrected chi connectivity index (χ2v) is 5.59. The molecule has 2 rings (SSSR count). The monoisotopic (exact) mass is 342 g/mol. The van der Waals surface area contributed by atoms with Crippen molar-refractivity contribution in [1.29, 1.82) is 0 Å². The Kier molecular flexibility index (Phi) is 8.50. The molecule has 0 aliphatic rings. The maximum absolute atomic E-state index is 9.37. The fourth-order valence-electron chi connectivity index (χ4n) is 1.49. The summed E-state index contributed by atoms with van der Waals surface area (Å²) in [5.41, 5.74) is 7.38. The van der Waals surface area contributed by atoms with E-state index in [0.717, 1.165) is 11.3 Å². The number of para-hydroxylation sites is 1. The summed E-state index contributed by atoms with van der Waals surface area (Å²) in [6, 6.07) is 7.43. The Balaban J connectivity index is 0.000000422. The maximum atomic E-state index is 9.37. The number of thiazole rings is 1. The minimum absolute atomic E-state index is 0.0765. The van der Waals surface area contributed by atoms with Crippen molar-refractivity contribution in [2.24, 2.45) is 5.73 Å². The number of ether oxygens (including phenoxy) is 1. The van der Waals surface area contributed by atoms with E-state index in [-0.39, 0.29) is 12.5 Å². The first-order valence-corrected chi connectivity index (χ1v) is 8.05. The summed E-state index contributed by atoms with van der Waals surface area (Å²) in [4.78, 5) is 14.5. The van der Waals surface area contributed by atoms with Crippen molar-refractivity contribution in [3.05, 3.63) is 45.9 Å². The molecular weight excluding hydrogens is 324 g/mol. The molecule has 1 unspecified atom stereocenters. The highest BCUT2D eigenvalue weighted by Gasteiger charge is 2.15. The van der Waals surface area contributed by atoms with Crippen molar-refractivity contribution < 1.29 is 14.6 Å². The van der Waals surface area contributed by atoms with E-state index in [1.165, 1.54) is 0 Å². The predicted molar refractivity (Wildman–Crippen MR) is 88.5 cm³/mol. The average Bonchev–Trinajstić information content (AvgIpc) is 3.04. The molecule has 3 N–H and O–H groups in total. The summed E-state index contributed by atoms with van der Waals surface area (Å²) in [7, 11) is 0. The zero-order valence-electron chi connectivity index (χ0n) is 12.2. The number of nitrogens with two attached hydrogens (primary N) is 1. The maximum Gasteiger partial charge on any atom is 0.303 e. The van der Waals surface area contributed by atoms with Gasteiger partial charge in [-0.1, -0.05) is 30.7 Å². The topological polar surface area (TPSA) is 85.4 Å². The number of carboxylic acid groups (broad SMARTS) is 1. The Labute approximate surface area is 138 Å². The van der Waals surface area contributed by atoms with Crippen LogP contribution < -0.4 is 10.5 Å². The molecule has 1 aromatic heterocycles. The first-order chi connectivity index (χ1) is 10.6. The van der Waals surface area contributed by atoms with Gasteiger partial charge in [-0.25, -0.2) is 0 Å². The highest BCUT2D eigenvalue weighted by atomic mass is 35.5. The van der Waals surface area contributed by atoms with Crippen LogP contribution in [-0.2, 0) is 4.79 Å². The summed E-state index contributed by atoms with van der Waals surface area (Å²) in [5.74, 6) is -0.0639. The van der Waals surface area contributed by atoms with E-state index < -0.39 is 5.97 Å². The Hall–Kier alpha value is -1.63. The number of rotatable bonds is 6. The Bertz CT molecular complexity index is 564. The molecule has 0 spiro atoms. The van der Waals surface area contributed by atoms with Crippen molar-refractivity contribution in [3.63, 3.8) is 0 Å². The van der Waals surface area contributed by atoms with E-state index >= 15 is 0 Å². The molecule has 120 valence electrons. The Morgan fingerprint density at radius 2 is 2.18 bits per heavy atom. The predicted octanol–water partition coefficient (Wildman–Crippen LogP) is 3.75. The molecule has 0 saturated carbocycles. The number of aromatic nitrogens is 1. The van der Waals surface area contributed by atoms with E-state index in [4.69, 9.17) is 27.2 Å². The summed E-state index contributed by atoms with van der Waals surface area (Å²) in [6.45, 7) is 2.16. The fraction of sp³-hybridized carbons (Fsp3) is 0.333. The molecule has 0 saturated heterocycles. The number of aliphatic carboxylic acids is 1. The van der Waals surface area contributed by atoms with Crippen LogP contribution in [0.2, 0.25) is 5.02 Å². The number of carboxylic acids is 1. The quantitative estimate of drug-likeness (QED) is 0.835. The minimum atomic E-state index is -0.745. The van der Waals surface area contributed by atoms with Crippen LogP contribution >= 0.6 is 22.9 Å². The molecule has 22 heavy (non-hydrogen) atoms. The van der Waals surface area contributed by atoms with E-state index in [2.05, 4.69) is 4.98 Å². The number of hydrogen-bond donors (Lipinski definition) is 2. The van der Waals surface area contributed by atoms with Crippen molar-refractivity contribution >= 4 is 28.9 Å². The van der Waals surface area contributed by atoms with Crippen LogP contribution in [0.5, 0.6) is 5.75 Å². The van der Waals surface area contributed by atoms with Crippen LogP contribution in [0.3, 0.4) is 0 Å². The number of nitrogens with zero attached hydrogens (tertiary/aromatic N) is 1. The van der Waals surface area contributed by atoms with Crippen LogP contribution in [0.4, 0.5) is 0 Å².